The van der Waals surface area contributed by atoms with Gasteiger partial charge in [-0.05, 0) is 44.7 Å². The Morgan fingerprint density at radius 1 is 1.05 bits per heavy atom. The second kappa shape index (κ2) is 5.54. The Bertz CT molecular complexity index is 633. The van der Waals surface area contributed by atoms with Gasteiger partial charge in [0.25, 0.3) is 10.1 Å². The van der Waals surface area contributed by atoms with Crippen molar-refractivity contribution in [3.63, 3.8) is 0 Å². The van der Waals surface area contributed by atoms with E-state index in [1.807, 2.05) is 6.92 Å². The van der Waals surface area contributed by atoms with Gasteiger partial charge in [0.1, 0.15) is 5.78 Å². The molecule has 5 heteroatoms. The third-order valence-corrected chi connectivity index (χ3v) is 5.99. The molecule has 21 heavy (non-hydrogen) atoms. The topological polar surface area (TPSA) is 60.4 Å². The van der Waals surface area contributed by atoms with Gasteiger partial charge in [0, 0.05) is 11.8 Å². The van der Waals surface area contributed by atoms with Crippen LogP contribution in [0, 0.1) is 18.8 Å². The summed E-state index contributed by atoms with van der Waals surface area (Å²) in [5.41, 5.74) is 0.997. The minimum atomic E-state index is -3.79. The van der Waals surface area contributed by atoms with Crippen molar-refractivity contribution < 1.29 is 17.4 Å². The van der Waals surface area contributed by atoms with Gasteiger partial charge < -0.3 is 0 Å². The molecule has 114 valence electrons. The summed E-state index contributed by atoms with van der Waals surface area (Å²) in [6, 6.07) is 6.61. The second-order valence-electron chi connectivity index (χ2n) is 6.12. The van der Waals surface area contributed by atoms with Crippen LogP contribution >= 0.6 is 0 Å². The normalized spacial score (nSPS) is 29.4. The van der Waals surface area contributed by atoms with E-state index in [1.165, 1.54) is 0 Å². The van der Waals surface area contributed by atoms with E-state index < -0.39 is 16.2 Å². The fourth-order valence-corrected chi connectivity index (χ4v) is 4.57. The number of hydrogen-bond acceptors (Lipinski definition) is 4. The van der Waals surface area contributed by atoms with E-state index in [1.54, 1.807) is 24.3 Å². The van der Waals surface area contributed by atoms with Gasteiger partial charge >= 0.3 is 0 Å². The van der Waals surface area contributed by atoms with Crippen molar-refractivity contribution in [1.82, 2.24) is 0 Å². The predicted octanol–water partition coefficient (Wildman–Crippen LogP) is 2.85. The smallest absolute Gasteiger partial charge is 0.297 e. The Kier molecular flexibility index (Phi) is 3.88. The molecule has 1 aromatic carbocycles. The lowest BCUT2D eigenvalue weighted by Gasteiger charge is -2.37. The number of fused-ring (bicyclic) bond motifs is 2. The van der Waals surface area contributed by atoms with E-state index in [9.17, 15) is 13.2 Å². The van der Waals surface area contributed by atoms with Gasteiger partial charge in [-0.25, -0.2) is 0 Å². The molecule has 0 radical (unpaired) electrons. The van der Waals surface area contributed by atoms with Gasteiger partial charge in [-0.1, -0.05) is 24.1 Å². The lowest BCUT2D eigenvalue weighted by atomic mass is 9.70. The van der Waals surface area contributed by atoms with Crippen LogP contribution in [0.5, 0.6) is 0 Å². The fraction of sp³-hybridized carbons (Fsp3) is 0.562. The molecule has 3 atom stereocenters. The zero-order valence-corrected chi connectivity index (χ0v) is 12.9. The van der Waals surface area contributed by atoms with Crippen molar-refractivity contribution in [3.8, 4) is 0 Å². The molecule has 0 aliphatic heterocycles. The van der Waals surface area contributed by atoms with Crippen LogP contribution in [0.3, 0.4) is 0 Å². The highest BCUT2D eigenvalue weighted by Gasteiger charge is 2.43. The molecule has 2 bridgehead atoms. The first kappa shape index (κ1) is 14.7. The molecule has 0 unspecified atom stereocenters. The molecule has 3 rings (SSSR count). The fourth-order valence-electron chi connectivity index (χ4n) is 3.43. The standard InChI is InChI=1S/C16H20O4S/c1-11-5-8-13(9-6-11)21(18,19)20-15-10-7-12-3-2-4-14(15)16(12)17/h5-6,8-9,12,14-15H,2-4,7,10H2,1H3/t12-,14+,15+/m0/s1. The Balaban J connectivity index is 1.79. The number of hydrogen-bond donors (Lipinski definition) is 0. The maximum absolute atomic E-state index is 12.3. The van der Waals surface area contributed by atoms with Crippen molar-refractivity contribution in [2.45, 2.75) is 50.0 Å². The van der Waals surface area contributed by atoms with E-state index in [2.05, 4.69) is 0 Å². The third kappa shape index (κ3) is 2.90. The lowest BCUT2D eigenvalue weighted by Crippen LogP contribution is -2.43. The van der Waals surface area contributed by atoms with Crippen molar-refractivity contribution in [2.24, 2.45) is 11.8 Å². The average molecular weight is 308 g/mol. The number of carbonyl (C=O) groups excluding carboxylic acids is 1. The quantitative estimate of drug-likeness (QED) is 0.806. The lowest BCUT2D eigenvalue weighted by molar-refractivity contribution is -0.136. The minimum Gasteiger partial charge on any atom is -0.299 e. The average Bonchev–Trinajstić information content (AvgIpc) is 2.42. The molecule has 0 N–H and O–H groups in total. The summed E-state index contributed by atoms with van der Waals surface area (Å²) >= 11 is 0. The highest BCUT2D eigenvalue weighted by atomic mass is 32.2. The molecule has 0 amide bonds. The molecule has 2 saturated carbocycles. The van der Waals surface area contributed by atoms with E-state index in [-0.39, 0.29) is 22.5 Å². The predicted molar refractivity (Wildman–Crippen MR) is 78.3 cm³/mol. The minimum absolute atomic E-state index is 0.130. The van der Waals surface area contributed by atoms with Gasteiger partial charge in [-0.15, -0.1) is 0 Å². The Morgan fingerprint density at radius 3 is 2.48 bits per heavy atom. The van der Waals surface area contributed by atoms with Crippen molar-refractivity contribution >= 4 is 15.9 Å². The summed E-state index contributed by atoms with van der Waals surface area (Å²) in [5, 5.41) is 0. The van der Waals surface area contributed by atoms with Gasteiger partial charge in [-0.3, -0.25) is 8.98 Å². The maximum Gasteiger partial charge on any atom is 0.297 e. The summed E-state index contributed by atoms with van der Waals surface area (Å²) < 4.78 is 30.1. The largest absolute Gasteiger partial charge is 0.299 e. The van der Waals surface area contributed by atoms with Crippen LogP contribution in [0.2, 0.25) is 0 Å². The zero-order valence-electron chi connectivity index (χ0n) is 12.1. The van der Waals surface area contributed by atoms with E-state index in [0.717, 1.165) is 31.2 Å². The molecular formula is C16H20O4S. The zero-order chi connectivity index (χ0) is 15.0. The van der Waals surface area contributed by atoms with Crippen LogP contribution in [-0.4, -0.2) is 20.3 Å². The molecule has 0 heterocycles. The Morgan fingerprint density at radius 2 is 1.76 bits per heavy atom. The number of Topliss-reactive ketones (excluding diaryl/α,β-unsaturated/α-hetero) is 1. The molecule has 2 fully saturated rings. The van der Waals surface area contributed by atoms with E-state index in [0.29, 0.717) is 6.42 Å². The van der Waals surface area contributed by atoms with E-state index in [4.69, 9.17) is 4.18 Å². The Labute approximate surface area is 125 Å². The number of aryl methyl sites for hydroxylation is 1. The van der Waals surface area contributed by atoms with E-state index >= 15 is 0 Å². The SMILES string of the molecule is Cc1ccc(S(=O)(=O)O[C@@H]2CC[C@@H]3CCC[C@H]2C3=O)cc1. The Hall–Kier alpha value is -1.20. The van der Waals surface area contributed by atoms with Crippen molar-refractivity contribution in [3.05, 3.63) is 29.8 Å². The molecule has 2 aliphatic carbocycles. The summed E-state index contributed by atoms with van der Waals surface area (Å²) in [6.45, 7) is 1.90. The summed E-state index contributed by atoms with van der Waals surface area (Å²) in [7, 11) is -3.79. The van der Waals surface area contributed by atoms with Gasteiger partial charge in [0.2, 0.25) is 0 Å². The van der Waals surface area contributed by atoms with Crippen LogP contribution < -0.4 is 0 Å². The number of benzene rings is 1. The van der Waals surface area contributed by atoms with Crippen molar-refractivity contribution in [1.29, 1.82) is 0 Å². The highest BCUT2D eigenvalue weighted by molar-refractivity contribution is 7.86. The highest BCUT2D eigenvalue weighted by Crippen LogP contribution is 2.39. The van der Waals surface area contributed by atoms with Gasteiger partial charge in [0.15, 0.2) is 0 Å². The van der Waals surface area contributed by atoms with Crippen molar-refractivity contribution in [2.75, 3.05) is 0 Å². The van der Waals surface area contributed by atoms with Gasteiger partial charge in [0.05, 0.1) is 11.0 Å². The first-order chi connectivity index (χ1) is 9.97. The van der Waals surface area contributed by atoms with Crippen LogP contribution in [0.4, 0.5) is 0 Å². The number of ketones is 1. The van der Waals surface area contributed by atoms with Gasteiger partial charge in [-0.2, -0.15) is 8.42 Å². The van der Waals surface area contributed by atoms with Crippen LogP contribution in [0.1, 0.15) is 37.7 Å². The molecular weight excluding hydrogens is 288 g/mol. The van der Waals surface area contributed by atoms with Crippen LogP contribution in [0.25, 0.3) is 0 Å². The first-order valence-electron chi connectivity index (χ1n) is 7.51. The monoisotopic (exact) mass is 308 g/mol. The maximum atomic E-state index is 12.3. The number of carbonyl (C=O) groups is 1. The molecule has 0 spiro atoms. The summed E-state index contributed by atoms with van der Waals surface area (Å²) in [4.78, 5) is 12.4. The molecule has 0 saturated heterocycles. The van der Waals surface area contributed by atoms with Crippen LogP contribution in [-0.2, 0) is 19.1 Å². The molecule has 2 aliphatic rings. The third-order valence-electron chi connectivity index (χ3n) is 4.64. The molecule has 4 nitrogen and oxygen atoms in total. The second-order valence-corrected chi connectivity index (χ2v) is 7.69. The number of rotatable bonds is 3. The first-order valence-corrected chi connectivity index (χ1v) is 8.92. The molecule has 1 aromatic rings. The molecule has 0 aromatic heterocycles. The van der Waals surface area contributed by atoms with Crippen LogP contribution in [0.15, 0.2) is 29.2 Å². The summed E-state index contributed by atoms with van der Waals surface area (Å²) in [5.74, 6) is 0.0972. The summed E-state index contributed by atoms with van der Waals surface area (Å²) in [6.07, 6.45) is 3.62.